The van der Waals surface area contributed by atoms with Crippen LogP contribution in [0.1, 0.15) is 0 Å². The van der Waals surface area contributed by atoms with E-state index in [2.05, 4.69) is 20.3 Å². The number of nitrogens with zero attached hydrogens (tertiary/aromatic N) is 3. The second-order valence-corrected chi connectivity index (χ2v) is 4.87. The SMILES string of the molecule is OC[C@@H](O)CNc1nc(-c2cccnc2)nc2ccccc12. The number of anilines is 1. The lowest BCUT2D eigenvalue weighted by atomic mass is 10.2. The molecule has 6 heteroatoms. The van der Waals surface area contributed by atoms with Crippen molar-refractivity contribution in [2.75, 3.05) is 18.5 Å². The highest BCUT2D eigenvalue weighted by atomic mass is 16.3. The molecular weight excluding hydrogens is 280 g/mol. The van der Waals surface area contributed by atoms with Crippen molar-refractivity contribution in [3.8, 4) is 11.4 Å². The summed E-state index contributed by atoms with van der Waals surface area (Å²) in [5.74, 6) is 1.18. The number of fused-ring (bicyclic) bond motifs is 1. The summed E-state index contributed by atoms with van der Waals surface area (Å²) in [5.41, 5.74) is 1.62. The number of hydrogen-bond donors (Lipinski definition) is 3. The van der Waals surface area contributed by atoms with Crippen LogP contribution >= 0.6 is 0 Å². The number of nitrogens with one attached hydrogen (secondary N) is 1. The van der Waals surface area contributed by atoms with Crippen molar-refractivity contribution in [1.29, 1.82) is 0 Å². The molecule has 2 aromatic heterocycles. The van der Waals surface area contributed by atoms with Crippen molar-refractivity contribution in [2.24, 2.45) is 0 Å². The number of para-hydroxylation sites is 1. The Morgan fingerprint density at radius 2 is 1.95 bits per heavy atom. The maximum absolute atomic E-state index is 9.51. The number of hydrogen-bond acceptors (Lipinski definition) is 6. The lowest BCUT2D eigenvalue weighted by molar-refractivity contribution is 0.105. The fourth-order valence-corrected chi connectivity index (χ4v) is 2.11. The van der Waals surface area contributed by atoms with E-state index in [-0.39, 0.29) is 13.2 Å². The van der Waals surface area contributed by atoms with Gasteiger partial charge in [0.25, 0.3) is 0 Å². The number of pyridine rings is 1. The largest absolute Gasteiger partial charge is 0.394 e. The van der Waals surface area contributed by atoms with Gasteiger partial charge in [0.05, 0.1) is 18.2 Å². The van der Waals surface area contributed by atoms with E-state index in [1.807, 2.05) is 36.4 Å². The quantitative estimate of drug-likeness (QED) is 0.660. The Balaban J connectivity index is 2.04. The minimum Gasteiger partial charge on any atom is -0.394 e. The summed E-state index contributed by atoms with van der Waals surface area (Å²) in [6.45, 7) is -0.0878. The van der Waals surface area contributed by atoms with Crippen molar-refractivity contribution >= 4 is 16.7 Å². The number of aromatic nitrogens is 3. The number of rotatable bonds is 5. The molecule has 0 spiro atoms. The van der Waals surface area contributed by atoms with E-state index in [1.165, 1.54) is 0 Å². The summed E-state index contributed by atoms with van der Waals surface area (Å²) in [5, 5.41) is 22.4. The first-order valence-corrected chi connectivity index (χ1v) is 6.98. The summed E-state index contributed by atoms with van der Waals surface area (Å²) < 4.78 is 0. The first-order chi connectivity index (χ1) is 10.8. The minimum absolute atomic E-state index is 0.212. The van der Waals surface area contributed by atoms with Crippen LogP contribution in [-0.4, -0.2) is 44.4 Å². The van der Waals surface area contributed by atoms with Gasteiger partial charge in [0.15, 0.2) is 5.82 Å². The van der Waals surface area contributed by atoms with E-state index in [4.69, 9.17) is 5.11 Å². The number of benzene rings is 1. The van der Waals surface area contributed by atoms with Gasteiger partial charge in [-0.05, 0) is 24.3 Å². The summed E-state index contributed by atoms with van der Waals surface area (Å²) in [7, 11) is 0. The van der Waals surface area contributed by atoms with Crippen molar-refractivity contribution in [3.63, 3.8) is 0 Å². The number of aliphatic hydroxyl groups is 2. The van der Waals surface area contributed by atoms with Crippen LogP contribution in [0, 0.1) is 0 Å². The fourth-order valence-electron chi connectivity index (χ4n) is 2.11. The molecule has 3 rings (SSSR count). The van der Waals surface area contributed by atoms with Gasteiger partial charge in [0.2, 0.25) is 0 Å². The van der Waals surface area contributed by atoms with E-state index in [0.717, 1.165) is 16.5 Å². The van der Waals surface area contributed by atoms with E-state index >= 15 is 0 Å². The van der Waals surface area contributed by atoms with Crippen LogP contribution in [0.25, 0.3) is 22.3 Å². The van der Waals surface area contributed by atoms with Crippen molar-refractivity contribution < 1.29 is 10.2 Å². The number of aliphatic hydroxyl groups excluding tert-OH is 2. The van der Waals surface area contributed by atoms with Gasteiger partial charge in [0, 0.05) is 29.9 Å². The van der Waals surface area contributed by atoms with Crippen LogP contribution in [-0.2, 0) is 0 Å². The average molecular weight is 296 g/mol. The van der Waals surface area contributed by atoms with Crippen LogP contribution < -0.4 is 5.32 Å². The van der Waals surface area contributed by atoms with Gasteiger partial charge in [-0.3, -0.25) is 4.98 Å². The molecule has 22 heavy (non-hydrogen) atoms. The Morgan fingerprint density at radius 3 is 2.73 bits per heavy atom. The Bertz CT molecular complexity index is 764. The predicted molar refractivity (Wildman–Crippen MR) is 84.4 cm³/mol. The molecule has 0 saturated carbocycles. The van der Waals surface area contributed by atoms with E-state index in [9.17, 15) is 5.11 Å². The molecule has 0 aliphatic rings. The van der Waals surface area contributed by atoms with E-state index in [1.54, 1.807) is 12.4 Å². The summed E-state index contributed by atoms with van der Waals surface area (Å²) in [6.07, 6.45) is 2.56. The third-order valence-electron chi connectivity index (χ3n) is 3.24. The topological polar surface area (TPSA) is 91.2 Å². The first kappa shape index (κ1) is 14.4. The molecule has 0 aliphatic carbocycles. The molecule has 0 aliphatic heterocycles. The van der Waals surface area contributed by atoms with Gasteiger partial charge in [-0.1, -0.05) is 12.1 Å². The molecule has 0 fully saturated rings. The molecule has 0 amide bonds. The fraction of sp³-hybridized carbons (Fsp3) is 0.188. The summed E-state index contributed by atoms with van der Waals surface area (Å²) in [4.78, 5) is 13.2. The lowest BCUT2D eigenvalue weighted by Crippen LogP contribution is -2.23. The van der Waals surface area contributed by atoms with Gasteiger partial charge in [-0.25, -0.2) is 9.97 Å². The molecule has 1 aromatic carbocycles. The van der Waals surface area contributed by atoms with Crippen molar-refractivity contribution in [1.82, 2.24) is 15.0 Å². The van der Waals surface area contributed by atoms with Crippen LogP contribution in [0.2, 0.25) is 0 Å². The second-order valence-electron chi connectivity index (χ2n) is 4.87. The third kappa shape index (κ3) is 3.03. The van der Waals surface area contributed by atoms with Crippen LogP contribution in [0.4, 0.5) is 5.82 Å². The lowest BCUT2D eigenvalue weighted by Gasteiger charge is -2.13. The average Bonchev–Trinajstić information content (AvgIpc) is 2.59. The van der Waals surface area contributed by atoms with Crippen LogP contribution in [0.15, 0.2) is 48.8 Å². The zero-order valence-electron chi connectivity index (χ0n) is 11.8. The highest BCUT2D eigenvalue weighted by molar-refractivity contribution is 5.90. The first-order valence-electron chi connectivity index (χ1n) is 6.98. The molecule has 6 nitrogen and oxygen atoms in total. The molecule has 0 radical (unpaired) electrons. The van der Waals surface area contributed by atoms with Gasteiger partial charge in [0.1, 0.15) is 5.82 Å². The molecule has 0 unspecified atom stereocenters. The highest BCUT2D eigenvalue weighted by Crippen LogP contribution is 2.24. The molecule has 0 bridgehead atoms. The predicted octanol–water partition coefficient (Wildman–Crippen LogP) is 1.46. The zero-order chi connectivity index (χ0) is 15.4. The van der Waals surface area contributed by atoms with Gasteiger partial charge < -0.3 is 15.5 Å². The molecular formula is C16H16N4O2. The summed E-state index contributed by atoms with van der Waals surface area (Å²) >= 11 is 0. The van der Waals surface area contributed by atoms with Gasteiger partial charge in [-0.2, -0.15) is 0 Å². The normalized spacial score (nSPS) is 12.3. The Labute approximate surface area is 127 Å². The summed E-state index contributed by atoms with van der Waals surface area (Å²) in [6, 6.07) is 11.4. The van der Waals surface area contributed by atoms with Crippen LogP contribution in [0.5, 0.6) is 0 Å². The maximum Gasteiger partial charge on any atom is 0.163 e. The molecule has 112 valence electrons. The van der Waals surface area contributed by atoms with Crippen molar-refractivity contribution in [2.45, 2.75) is 6.10 Å². The Hall–Kier alpha value is -2.57. The molecule has 3 N–H and O–H groups in total. The standard InChI is InChI=1S/C16H16N4O2/c21-10-12(22)9-18-16-13-5-1-2-6-14(13)19-15(20-16)11-4-3-7-17-8-11/h1-8,12,21-22H,9-10H2,(H,18,19,20)/t12-/m0/s1. The third-order valence-corrected chi connectivity index (χ3v) is 3.24. The second kappa shape index (κ2) is 6.46. The van der Waals surface area contributed by atoms with E-state index in [0.29, 0.717) is 11.6 Å². The molecule has 1 atom stereocenters. The molecule has 2 heterocycles. The monoisotopic (exact) mass is 296 g/mol. The minimum atomic E-state index is -0.837. The Kier molecular flexibility index (Phi) is 4.22. The van der Waals surface area contributed by atoms with E-state index < -0.39 is 6.10 Å². The molecule has 0 saturated heterocycles. The highest BCUT2D eigenvalue weighted by Gasteiger charge is 2.10. The van der Waals surface area contributed by atoms with Crippen molar-refractivity contribution in [3.05, 3.63) is 48.8 Å². The molecule has 3 aromatic rings. The van der Waals surface area contributed by atoms with Gasteiger partial charge >= 0.3 is 0 Å². The van der Waals surface area contributed by atoms with Crippen LogP contribution in [0.3, 0.4) is 0 Å². The zero-order valence-corrected chi connectivity index (χ0v) is 11.8. The van der Waals surface area contributed by atoms with Gasteiger partial charge in [-0.15, -0.1) is 0 Å². The smallest absolute Gasteiger partial charge is 0.163 e. The maximum atomic E-state index is 9.51. The Morgan fingerprint density at radius 1 is 1.09 bits per heavy atom.